The monoisotopic (exact) mass is 660 g/mol. The number of halogens is 4. The van der Waals surface area contributed by atoms with Crippen LogP contribution >= 0.6 is 48.9 Å². The van der Waals surface area contributed by atoms with Gasteiger partial charge in [0, 0.05) is 0 Å². The standard InChI is InChI=1S/2C13H8Br.CH2.2ClH.Zr/c2*14-11-5-6-13-10(8-11)7-9-3-1-2-4-12(9)13;;;;/h2*1-8H;1H2;2*1H;/q2*-1;;;;+2/p-2. The molecule has 0 aromatic heterocycles. The predicted molar refractivity (Wildman–Crippen MR) is 148 cm³/mol. The predicted octanol–water partition coefficient (Wildman–Crippen LogP) is 10.3. The van der Waals surface area contributed by atoms with Gasteiger partial charge in [0.15, 0.2) is 0 Å². The van der Waals surface area contributed by atoms with E-state index in [1.165, 1.54) is 43.1 Å². The van der Waals surface area contributed by atoms with Crippen LogP contribution in [0.25, 0.3) is 43.1 Å². The summed E-state index contributed by atoms with van der Waals surface area (Å²) in [4.78, 5) is 0. The molecular formula is C27H18Br2Cl2Zr-2. The van der Waals surface area contributed by atoms with E-state index in [0.29, 0.717) is 0 Å². The zero-order chi connectivity index (χ0) is 22.7. The second-order valence-electron chi connectivity index (χ2n) is 7.27. The van der Waals surface area contributed by atoms with Crippen LogP contribution in [0.4, 0.5) is 0 Å². The third-order valence-electron chi connectivity index (χ3n) is 5.15. The van der Waals surface area contributed by atoms with Gasteiger partial charge in [0.1, 0.15) is 0 Å². The van der Waals surface area contributed by atoms with Crippen molar-refractivity contribution < 1.29 is 18.9 Å². The molecule has 160 valence electrons. The molecule has 0 saturated carbocycles. The number of hydrogen-bond donors (Lipinski definition) is 0. The van der Waals surface area contributed by atoms with Gasteiger partial charge in [-0.15, -0.1) is 79.5 Å². The molecule has 0 N–H and O–H groups in total. The van der Waals surface area contributed by atoms with Gasteiger partial charge in [-0.2, -0.15) is 0 Å². The molecule has 0 amide bonds. The van der Waals surface area contributed by atoms with Gasteiger partial charge in [0.2, 0.25) is 0 Å². The van der Waals surface area contributed by atoms with Crippen LogP contribution in [0.5, 0.6) is 0 Å². The molecule has 0 atom stereocenters. The van der Waals surface area contributed by atoms with Crippen LogP contribution in [-0.4, -0.2) is 4.21 Å². The third-order valence-corrected chi connectivity index (χ3v) is 6.14. The fourth-order valence-electron chi connectivity index (χ4n) is 3.87. The fraction of sp³-hybridized carbons (Fsp3) is 0. The minimum absolute atomic E-state index is 1.14. The molecule has 0 unspecified atom stereocenters. The molecule has 0 aliphatic carbocycles. The van der Waals surface area contributed by atoms with Crippen LogP contribution in [0.2, 0.25) is 0 Å². The van der Waals surface area contributed by atoms with Crippen molar-refractivity contribution in [2.24, 2.45) is 0 Å². The Labute approximate surface area is 219 Å². The van der Waals surface area contributed by atoms with Crippen molar-refractivity contribution in [1.82, 2.24) is 0 Å². The molecule has 0 bridgehead atoms. The summed E-state index contributed by atoms with van der Waals surface area (Å²) < 4.78 is 5.64. The summed E-state index contributed by atoms with van der Waals surface area (Å²) >= 11 is 5.13. The first kappa shape index (κ1) is 24.1. The van der Waals surface area contributed by atoms with Crippen molar-refractivity contribution in [3.05, 3.63) is 106 Å². The van der Waals surface area contributed by atoms with Gasteiger partial charge in [0.25, 0.3) is 0 Å². The zero-order valence-corrected chi connectivity index (χ0v) is 24.1. The van der Waals surface area contributed by atoms with Crippen molar-refractivity contribution >= 4 is 96.2 Å². The molecule has 0 nitrogen and oxygen atoms in total. The topological polar surface area (TPSA) is 0 Å². The molecule has 6 aromatic carbocycles. The van der Waals surface area contributed by atoms with Crippen LogP contribution < -0.4 is 0 Å². The van der Waals surface area contributed by atoms with Crippen molar-refractivity contribution in [2.75, 3.05) is 0 Å². The Morgan fingerprint density at radius 2 is 0.906 bits per heavy atom. The van der Waals surface area contributed by atoms with Crippen molar-refractivity contribution in [1.29, 1.82) is 0 Å². The van der Waals surface area contributed by atoms with E-state index in [9.17, 15) is 0 Å². The molecule has 0 aliphatic rings. The van der Waals surface area contributed by atoms with Crippen LogP contribution in [0, 0.1) is 0 Å². The van der Waals surface area contributed by atoms with Crippen LogP contribution in [0.1, 0.15) is 0 Å². The second-order valence-corrected chi connectivity index (χ2v) is 17.3. The first-order valence-corrected chi connectivity index (χ1v) is 19.5. The molecule has 0 fully saturated rings. The zero-order valence-electron chi connectivity index (χ0n) is 17.0. The van der Waals surface area contributed by atoms with E-state index < -0.39 is 18.9 Å². The Morgan fingerprint density at radius 3 is 1.31 bits per heavy atom. The number of rotatable bonds is 0. The van der Waals surface area contributed by atoms with Gasteiger partial charge in [-0.25, -0.2) is 0 Å². The summed E-state index contributed by atoms with van der Waals surface area (Å²) in [5, 5.41) is 10.6. The fourth-order valence-corrected chi connectivity index (χ4v) is 4.63. The molecule has 32 heavy (non-hydrogen) atoms. The second kappa shape index (κ2) is 10.9. The normalized spacial score (nSPS) is 10.6. The van der Waals surface area contributed by atoms with Crippen LogP contribution in [-0.2, 0) is 18.9 Å². The SMILES string of the molecule is Brc1ccc2c(c1)[cH-]c1ccccc12.Brc1ccc2c(c1)[cH-]c1ccccc12.[CH2]=[Zr]([Cl])[Cl]. The molecule has 0 spiro atoms. The molecule has 6 aromatic rings. The van der Waals surface area contributed by atoms with Gasteiger partial charge < -0.3 is 0 Å². The van der Waals surface area contributed by atoms with E-state index in [2.05, 4.69) is 133 Å². The Kier molecular flexibility index (Phi) is 8.19. The summed E-state index contributed by atoms with van der Waals surface area (Å²) in [6, 6.07) is 34.3. The van der Waals surface area contributed by atoms with Gasteiger partial charge >= 0.3 is 40.1 Å². The van der Waals surface area contributed by atoms with Crippen molar-refractivity contribution in [3.8, 4) is 0 Å². The molecule has 0 radical (unpaired) electrons. The van der Waals surface area contributed by atoms with Crippen molar-refractivity contribution in [3.63, 3.8) is 0 Å². The molecule has 6 rings (SSSR count). The van der Waals surface area contributed by atoms with Crippen LogP contribution in [0.15, 0.2) is 106 Å². The van der Waals surface area contributed by atoms with E-state index in [1.54, 1.807) is 0 Å². The first-order valence-electron chi connectivity index (χ1n) is 9.89. The summed E-state index contributed by atoms with van der Waals surface area (Å²) in [6.07, 6.45) is 0. The minimum atomic E-state index is -1.85. The number of hydrogen-bond acceptors (Lipinski definition) is 0. The van der Waals surface area contributed by atoms with Gasteiger partial charge in [-0.3, -0.25) is 0 Å². The average molecular weight is 664 g/mol. The third kappa shape index (κ3) is 5.69. The van der Waals surface area contributed by atoms with Gasteiger partial charge in [0.05, 0.1) is 0 Å². The van der Waals surface area contributed by atoms with Crippen LogP contribution in [0.3, 0.4) is 0 Å². The first-order chi connectivity index (χ1) is 15.4. The van der Waals surface area contributed by atoms with Gasteiger partial charge in [-0.1, -0.05) is 92.5 Å². The molecule has 0 saturated heterocycles. The van der Waals surface area contributed by atoms with E-state index >= 15 is 0 Å². The summed E-state index contributed by atoms with van der Waals surface area (Å²) in [7, 11) is 10.3. The molecular weight excluding hydrogens is 646 g/mol. The average Bonchev–Trinajstić information content (AvgIpc) is 3.30. The molecule has 0 aliphatic heterocycles. The Morgan fingerprint density at radius 1 is 0.562 bits per heavy atom. The van der Waals surface area contributed by atoms with Gasteiger partial charge in [-0.05, 0) is 8.95 Å². The Balaban J connectivity index is 0.000000132. The Bertz CT molecular complexity index is 1430. The quantitative estimate of drug-likeness (QED) is 0.142. The van der Waals surface area contributed by atoms with E-state index in [1.807, 2.05) is 0 Å². The number of fused-ring (bicyclic) bond motifs is 6. The number of benzene rings is 4. The molecule has 5 heteroatoms. The summed E-state index contributed by atoms with van der Waals surface area (Å²) in [5.41, 5.74) is 0. The molecule has 0 heterocycles. The summed E-state index contributed by atoms with van der Waals surface area (Å²) in [6.45, 7) is 0. The summed E-state index contributed by atoms with van der Waals surface area (Å²) in [5.74, 6) is 0. The maximum atomic E-state index is 5.13. The van der Waals surface area contributed by atoms with Crippen molar-refractivity contribution in [2.45, 2.75) is 0 Å². The van der Waals surface area contributed by atoms with E-state index in [-0.39, 0.29) is 0 Å². The maximum absolute atomic E-state index is 5.13. The Hall–Kier alpha value is -1.09. The van der Waals surface area contributed by atoms with E-state index in [4.69, 9.17) is 17.0 Å². The van der Waals surface area contributed by atoms with E-state index in [0.717, 1.165) is 8.95 Å².